The Morgan fingerprint density at radius 3 is 3.00 bits per heavy atom. The summed E-state index contributed by atoms with van der Waals surface area (Å²) >= 11 is 1.73. The molecule has 0 aliphatic carbocycles. The molecule has 20 heavy (non-hydrogen) atoms. The maximum absolute atomic E-state index is 4.66. The van der Waals surface area contributed by atoms with Gasteiger partial charge in [-0.25, -0.2) is 4.98 Å². The number of rotatable bonds is 3. The van der Waals surface area contributed by atoms with E-state index in [2.05, 4.69) is 52.8 Å². The molecule has 0 aromatic carbocycles. The number of hydrogen-bond donors (Lipinski definition) is 1. The molecule has 4 nitrogen and oxygen atoms in total. The molecule has 110 valence electrons. The summed E-state index contributed by atoms with van der Waals surface area (Å²) < 4.78 is 2.30. The molecule has 3 heterocycles. The van der Waals surface area contributed by atoms with Crippen LogP contribution in [0, 0.1) is 13.8 Å². The van der Waals surface area contributed by atoms with Gasteiger partial charge in [-0.1, -0.05) is 0 Å². The number of thiazole rings is 1. The highest BCUT2D eigenvalue weighted by molar-refractivity contribution is 7.15. The molecular formula is C15H24N4S. The van der Waals surface area contributed by atoms with E-state index in [0.717, 1.165) is 17.2 Å². The monoisotopic (exact) mass is 292 g/mol. The molecular weight excluding hydrogens is 268 g/mol. The Kier molecular flexibility index (Phi) is 3.84. The smallest absolute Gasteiger partial charge is 0.194 e. The van der Waals surface area contributed by atoms with Gasteiger partial charge in [-0.3, -0.25) is 4.40 Å². The van der Waals surface area contributed by atoms with Crippen LogP contribution < -0.4 is 5.32 Å². The van der Waals surface area contributed by atoms with E-state index in [1.165, 1.54) is 30.8 Å². The van der Waals surface area contributed by atoms with E-state index in [0.29, 0.717) is 12.1 Å². The lowest BCUT2D eigenvalue weighted by Gasteiger charge is -2.35. The summed E-state index contributed by atoms with van der Waals surface area (Å²) in [6.07, 6.45) is 2.48. The molecule has 1 aliphatic rings. The van der Waals surface area contributed by atoms with Crippen molar-refractivity contribution in [2.45, 2.75) is 52.2 Å². The second-order valence-corrected chi connectivity index (χ2v) is 6.91. The van der Waals surface area contributed by atoms with Gasteiger partial charge in [-0.05, 0) is 47.2 Å². The lowest BCUT2D eigenvalue weighted by atomic mass is 9.99. The number of nitrogens with one attached hydrogen (secondary N) is 1. The summed E-state index contributed by atoms with van der Waals surface area (Å²) in [6, 6.07) is 1.31. The van der Waals surface area contributed by atoms with E-state index in [4.69, 9.17) is 0 Å². The predicted octanol–water partition coefficient (Wildman–Crippen LogP) is 2.58. The number of fused-ring (bicyclic) bond motifs is 1. The third-order valence-electron chi connectivity index (χ3n) is 4.60. The maximum Gasteiger partial charge on any atom is 0.194 e. The van der Waals surface area contributed by atoms with Crippen LogP contribution in [-0.4, -0.2) is 40.0 Å². The number of hydrogen-bond acceptors (Lipinski definition) is 4. The molecule has 5 heteroatoms. The Balaban J connectivity index is 1.71. The zero-order valence-electron chi connectivity index (χ0n) is 12.8. The molecule has 1 aliphatic heterocycles. The molecule has 1 saturated heterocycles. The van der Waals surface area contributed by atoms with Crippen molar-refractivity contribution in [3.8, 4) is 0 Å². The van der Waals surface area contributed by atoms with E-state index in [1.807, 2.05) is 0 Å². The summed E-state index contributed by atoms with van der Waals surface area (Å²) in [6.45, 7) is 8.71. The fourth-order valence-electron chi connectivity index (χ4n) is 3.09. The molecule has 1 N–H and O–H groups in total. The van der Waals surface area contributed by atoms with Crippen molar-refractivity contribution in [1.82, 2.24) is 19.6 Å². The number of nitrogens with zero attached hydrogens (tertiary/aromatic N) is 3. The van der Waals surface area contributed by atoms with Crippen molar-refractivity contribution in [2.75, 3.05) is 13.6 Å². The topological polar surface area (TPSA) is 32.6 Å². The van der Waals surface area contributed by atoms with Crippen LogP contribution in [0.1, 0.15) is 36.8 Å². The van der Waals surface area contributed by atoms with Crippen molar-refractivity contribution in [1.29, 1.82) is 0 Å². The number of imidazole rings is 1. The molecule has 2 atom stereocenters. The lowest BCUT2D eigenvalue weighted by Crippen LogP contribution is -2.45. The first kappa shape index (κ1) is 14.0. The SMILES string of the molecule is Cc1nc2scc(C)n2c1CNC1CCN(C)C(C)C1. The summed E-state index contributed by atoms with van der Waals surface area (Å²) in [7, 11) is 2.22. The van der Waals surface area contributed by atoms with Gasteiger partial charge in [0.2, 0.25) is 0 Å². The average molecular weight is 292 g/mol. The van der Waals surface area contributed by atoms with Crippen LogP contribution in [0.2, 0.25) is 0 Å². The Morgan fingerprint density at radius 2 is 2.25 bits per heavy atom. The van der Waals surface area contributed by atoms with Crippen LogP contribution in [0.15, 0.2) is 5.38 Å². The third kappa shape index (κ3) is 2.50. The zero-order valence-corrected chi connectivity index (χ0v) is 13.6. The van der Waals surface area contributed by atoms with E-state index < -0.39 is 0 Å². The molecule has 1 fully saturated rings. The van der Waals surface area contributed by atoms with Crippen LogP contribution in [0.25, 0.3) is 4.96 Å². The van der Waals surface area contributed by atoms with Crippen molar-refractivity contribution >= 4 is 16.3 Å². The van der Waals surface area contributed by atoms with E-state index in [9.17, 15) is 0 Å². The highest BCUT2D eigenvalue weighted by atomic mass is 32.1. The molecule has 0 bridgehead atoms. The highest BCUT2D eigenvalue weighted by Gasteiger charge is 2.23. The van der Waals surface area contributed by atoms with Crippen LogP contribution in [-0.2, 0) is 6.54 Å². The van der Waals surface area contributed by atoms with Crippen molar-refractivity contribution in [2.24, 2.45) is 0 Å². The standard InChI is InChI=1S/C15H24N4S/c1-10-7-13(5-6-18(10)4)16-8-14-12(3)17-15-19(14)11(2)9-20-15/h9-10,13,16H,5-8H2,1-4H3. The van der Waals surface area contributed by atoms with Crippen molar-refractivity contribution in [3.05, 3.63) is 22.5 Å². The first-order chi connectivity index (χ1) is 9.56. The van der Waals surface area contributed by atoms with Crippen molar-refractivity contribution < 1.29 is 0 Å². The second kappa shape index (κ2) is 5.47. The number of aromatic nitrogens is 2. The van der Waals surface area contributed by atoms with Gasteiger partial charge < -0.3 is 10.2 Å². The molecule has 0 saturated carbocycles. The summed E-state index contributed by atoms with van der Waals surface area (Å²) in [4.78, 5) is 8.22. The van der Waals surface area contributed by atoms with E-state index in [-0.39, 0.29) is 0 Å². The average Bonchev–Trinajstić information content (AvgIpc) is 2.91. The maximum atomic E-state index is 4.66. The minimum Gasteiger partial charge on any atom is -0.308 e. The summed E-state index contributed by atoms with van der Waals surface area (Å²) in [5.74, 6) is 0. The minimum absolute atomic E-state index is 0.630. The van der Waals surface area contributed by atoms with Crippen LogP contribution in [0.3, 0.4) is 0 Å². The van der Waals surface area contributed by atoms with Gasteiger partial charge >= 0.3 is 0 Å². The first-order valence-corrected chi connectivity index (χ1v) is 8.30. The largest absolute Gasteiger partial charge is 0.308 e. The molecule has 3 rings (SSSR count). The Labute approximate surface area is 124 Å². The Hall–Kier alpha value is -0.910. The van der Waals surface area contributed by atoms with Gasteiger partial charge in [0.15, 0.2) is 4.96 Å². The fraction of sp³-hybridized carbons (Fsp3) is 0.667. The fourth-order valence-corrected chi connectivity index (χ4v) is 4.02. The molecule has 0 radical (unpaired) electrons. The molecule has 0 amide bonds. The third-order valence-corrected chi connectivity index (χ3v) is 5.54. The summed E-state index contributed by atoms with van der Waals surface area (Å²) in [5.41, 5.74) is 3.78. The van der Waals surface area contributed by atoms with Crippen LogP contribution in [0.5, 0.6) is 0 Å². The Morgan fingerprint density at radius 1 is 1.45 bits per heavy atom. The number of aryl methyl sites for hydroxylation is 2. The van der Waals surface area contributed by atoms with Crippen LogP contribution in [0.4, 0.5) is 0 Å². The quantitative estimate of drug-likeness (QED) is 0.944. The van der Waals surface area contributed by atoms with Crippen LogP contribution >= 0.6 is 11.3 Å². The second-order valence-electron chi connectivity index (χ2n) is 6.07. The van der Waals surface area contributed by atoms with Gasteiger partial charge in [-0.2, -0.15) is 0 Å². The zero-order chi connectivity index (χ0) is 14.3. The molecule has 2 aromatic rings. The molecule has 2 aromatic heterocycles. The lowest BCUT2D eigenvalue weighted by molar-refractivity contribution is 0.168. The van der Waals surface area contributed by atoms with Crippen molar-refractivity contribution in [3.63, 3.8) is 0 Å². The molecule has 0 spiro atoms. The minimum atomic E-state index is 0.630. The van der Waals surface area contributed by atoms with Gasteiger partial charge in [0.25, 0.3) is 0 Å². The summed E-state index contributed by atoms with van der Waals surface area (Å²) in [5, 5.41) is 5.93. The highest BCUT2D eigenvalue weighted by Crippen LogP contribution is 2.21. The normalized spacial score (nSPS) is 24.6. The van der Waals surface area contributed by atoms with Gasteiger partial charge in [-0.15, -0.1) is 11.3 Å². The number of piperidine rings is 1. The van der Waals surface area contributed by atoms with Gasteiger partial charge in [0.1, 0.15) is 0 Å². The predicted molar refractivity (Wildman–Crippen MR) is 84.5 cm³/mol. The number of likely N-dealkylation sites (tertiary alicyclic amines) is 1. The van der Waals surface area contributed by atoms with Gasteiger partial charge in [0.05, 0.1) is 11.4 Å². The van der Waals surface area contributed by atoms with E-state index in [1.54, 1.807) is 11.3 Å². The van der Waals surface area contributed by atoms with Gasteiger partial charge in [0, 0.05) is 29.7 Å². The van der Waals surface area contributed by atoms with E-state index >= 15 is 0 Å². The first-order valence-electron chi connectivity index (χ1n) is 7.42. The Bertz CT molecular complexity index is 600. The molecule has 2 unspecified atom stereocenters.